The van der Waals surface area contributed by atoms with E-state index < -0.39 is 0 Å². The monoisotopic (exact) mass is 340 g/mol. The first-order chi connectivity index (χ1) is 9.97. The van der Waals surface area contributed by atoms with Crippen LogP contribution < -0.4 is 0 Å². The van der Waals surface area contributed by atoms with Gasteiger partial charge in [0.05, 0.1) is 20.9 Å². The first kappa shape index (κ1) is 14.5. The quantitative estimate of drug-likeness (QED) is 0.530. The molecule has 0 atom stereocenters. The van der Waals surface area contributed by atoms with Crippen molar-refractivity contribution in [1.82, 2.24) is 9.97 Å². The van der Waals surface area contributed by atoms with Gasteiger partial charge in [-0.1, -0.05) is 34.8 Å². The van der Waals surface area contributed by atoms with E-state index in [2.05, 4.69) is 9.97 Å². The Hall–Kier alpha value is -1.42. The van der Waals surface area contributed by atoms with E-state index in [0.717, 1.165) is 0 Å². The summed E-state index contributed by atoms with van der Waals surface area (Å²) in [6.07, 6.45) is 0. The molecule has 0 bridgehead atoms. The molecule has 21 heavy (non-hydrogen) atoms. The van der Waals surface area contributed by atoms with Gasteiger partial charge in [-0.15, -0.1) is 0 Å². The lowest BCUT2D eigenvalue weighted by Crippen LogP contribution is -1.94. The summed E-state index contributed by atoms with van der Waals surface area (Å²) in [5.41, 5.74) is 1.64. The number of aromatic nitrogens is 2. The lowest BCUT2D eigenvalue weighted by Gasteiger charge is -2.08. The molecule has 0 radical (unpaired) electrons. The van der Waals surface area contributed by atoms with E-state index in [9.17, 15) is 4.39 Å². The fourth-order valence-electron chi connectivity index (χ4n) is 2.04. The average Bonchev–Trinajstić information content (AvgIpc) is 2.45. The molecular weight excluding hydrogens is 334 g/mol. The minimum absolute atomic E-state index is 0.212. The molecule has 0 aliphatic rings. The van der Waals surface area contributed by atoms with Crippen LogP contribution in [0.15, 0.2) is 30.3 Å². The standard InChI is InChI=1S/C15H8Cl3FN2/c1-7-6-8(2-5-11(7)19)15-20-13-10(17)4-3-9(16)12(13)14(18)21-15/h2-6H,1H3. The normalized spacial score (nSPS) is 11.1. The second-order valence-corrected chi connectivity index (χ2v) is 5.73. The van der Waals surface area contributed by atoms with Crippen LogP contribution in [0, 0.1) is 12.7 Å². The van der Waals surface area contributed by atoms with Crippen LogP contribution in [0.4, 0.5) is 4.39 Å². The van der Waals surface area contributed by atoms with Crippen LogP contribution in [0.25, 0.3) is 22.3 Å². The zero-order chi connectivity index (χ0) is 15.1. The van der Waals surface area contributed by atoms with E-state index >= 15 is 0 Å². The van der Waals surface area contributed by atoms with Crippen LogP contribution in [-0.2, 0) is 0 Å². The molecule has 0 saturated heterocycles. The Balaban J connectivity index is 2.30. The topological polar surface area (TPSA) is 25.8 Å². The van der Waals surface area contributed by atoms with Crippen molar-refractivity contribution in [2.75, 3.05) is 0 Å². The lowest BCUT2D eigenvalue weighted by atomic mass is 10.1. The SMILES string of the molecule is Cc1cc(-c2nc(Cl)c3c(Cl)ccc(Cl)c3n2)ccc1F. The molecule has 3 rings (SSSR count). The Bertz CT molecular complexity index is 865. The lowest BCUT2D eigenvalue weighted by molar-refractivity contribution is 0.618. The van der Waals surface area contributed by atoms with Crippen molar-refractivity contribution in [1.29, 1.82) is 0 Å². The predicted molar refractivity (Wildman–Crippen MR) is 84.7 cm³/mol. The third-order valence-corrected chi connectivity index (χ3v) is 4.02. The van der Waals surface area contributed by atoms with Gasteiger partial charge in [0.25, 0.3) is 0 Å². The van der Waals surface area contributed by atoms with Crippen LogP contribution in [0.5, 0.6) is 0 Å². The number of halogens is 4. The third kappa shape index (κ3) is 2.57. The Labute approximate surface area is 135 Å². The van der Waals surface area contributed by atoms with Gasteiger partial charge in [-0.3, -0.25) is 0 Å². The summed E-state index contributed by atoms with van der Waals surface area (Å²) in [6.45, 7) is 1.67. The Kier molecular flexibility index (Phi) is 3.74. The Morgan fingerprint density at radius 1 is 0.952 bits per heavy atom. The molecule has 0 saturated carbocycles. The molecule has 1 aromatic heterocycles. The molecule has 0 unspecified atom stereocenters. The van der Waals surface area contributed by atoms with Crippen LogP contribution >= 0.6 is 34.8 Å². The van der Waals surface area contributed by atoms with Crippen molar-refractivity contribution in [2.45, 2.75) is 6.92 Å². The highest BCUT2D eigenvalue weighted by Gasteiger charge is 2.14. The third-order valence-electron chi connectivity index (χ3n) is 3.12. The zero-order valence-electron chi connectivity index (χ0n) is 10.8. The minimum Gasteiger partial charge on any atom is -0.226 e. The van der Waals surface area contributed by atoms with Crippen LogP contribution in [0.2, 0.25) is 15.2 Å². The van der Waals surface area contributed by atoms with E-state index in [4.69, 9.17) is 34.8 Å². The van der Waals surface area contributed by atoms with Gasteiger partial charge in [-0.05, 0) is 42.8 Å². The molecule has 0 fully saturated rings. The molecule has 2 aromatic carbocycles. The number of benzene rings is 2. The van der Waals surface area contributed by atoms with Gasteiger partial charge >= 0.3 is 0 Å². The minimum atomic E-state index is -0.285. The average molecular weight is 342 g/mol. The number of fused-ring (bicyclic) bond motifs is 1. The van der Waals surface area contributed by atoms with Crippen molar-refractivity contribution in [2.24, 2.45) is 0 Å². The van der Waals surface area contributed by atoms with Crippen molar-refractivity contribution >= 4 is 45.7 Å². The van der Waals surface area contributed by atoms with Gasteiger partial charge < -0.3 is 0 Å². The molecule has 0 N–H and O–H groups in total. The van der Waals surface area contributed by atoms with Gasteiger partial charge in [-0.25, -0.2) is 14.4 Å². The van der Waals surface area contributed by atoms with E-state index in [-0.39, 0.29) is 11.0 Å². The smallest absolute Gasteiger partial charge is 0.161 e. The highest BCUT2D eigenvalue weighted by Crippen LogP contribution is 2.34. The van der Waals surface area contributed by atoms with Gasteiger partial charge in [0.1, 0.15) is 11.0 Å². The Morgan fingerprint density at radius 2 is 1.67 bits per heavy atom. The van der Waals surface area contributed by atoms with E-state index in [0.29, 0.717) is 37.9 Å². The summed E-state index contributed by atoms with van der Waals surface area (Å²) < 4.78 is 13.4. The largest absolute Gasteiger partial charge is 0.226 e. The molecule has 2 nitrogen and oxygen atoms in total. The second kappa shape index (κ2) is 5.41. The van der Waals surface area contributed by atoms with Crippen LogP contribution in [0.1, 0.15) is 5.56 Å². The number of hydrogen-bond donors (Lipinski definition) is 0. The fraction of sp³-hybridized carbons (Fsp3) is 0.0667. The highest BCUT2D eigenvalue weighted by molar-refractivity contribution is 6.44. The molecule has 0 aliphatic carbocycles. The number of hydrogen-bond acceptors (Lipinski definition) is 2. The number of aryl methyl sites for hydroxylation is 1. The Morgan fingerprint density at radius 3 is 2.38 bits per heavy atom. The second-order valence-electron chi connectivity index (χ2n) is 4.55. The summed E-state index contributed by atoms with van der Waals surface area (Å²) >= 11 is 18.4. The summed E-state index contributed by atoms with van der Waals surface area (Å²) in [7, 11) is 0. The van der Waals surface area contributed by atoms with E-state index in [1.54, 1.807) is 31.2 Å². The molecule has 0 spiro atoms. The van der Waals surface area contributed by atoms with Crippen molar-refractivity contribution < 1.29 is 4.39 Å². The first-order valence-electron chi connectivity index (χ1n) is 6.05. The summed E-state index contributed by atoms with van der Waals surface area (Å²) in [5.74, 6) is 0.0893. The predicted octanol–water partition coefficient (Wildman–Crippen LogP) is 5.70. The molecule has 6 heteroatoms. The van der Waals surface area contributed by atoms with Crippen LogP contribution in [0.3, 0.4) is 0 Å². The fourth-order valence-corrected chi connectivity index (χ4v) is 2.80. The maximum atomic E-state index is 13.4. The van der Waals surface area contributed by atoms with Crippen molar-refractivity contribution in [3.05, 3.63) is 56.9 Å². The number of nitrogens with zero attached hydrogens (tertiary/aromatic N) is 2. The van der Waals surface area contributed by atoms with Crippen LogP contribution in [-0.4, -0.2) is 9.97 Å². The molecular formula is C15H8Cl3FN2. The van der Waals surface area contributed by atoms with Gasteiger partial charge in [0, 0.05) is 5.56 Å². The van der Waals surface area contributed by atoms with E-state index in [1.165, 1.54) is 6.07 Å². The summed E-state index contributed by atoms with van der Waals surface area (Å²) in [5, 5.41) is 1.58. The first-order valence-corrected chi connectivity index (χ1v) is 7.18. The van der Waals surface area contributed by atoms with Crippen molar-refractivity contribution in [3.8, 4) is 11.4 Å². The van der Waals surface area contributed by atoms with Gasteiger partial charge in [-0.2, -0.15) is 0 Å². The van der Waals surface area contributed by atoms with Gasteiger partial charge in [0.2, 0.25) is 0 Å². The zero-order valence-corrected chi connectivity index (χ0v) is 13.1. The molecule has 0 aliphatic heterocycles. The highest BCUT2D eigenvalue weighted by atomic mass is 35.5. The maximum Gasteiger partial charge on any atom is 0.161 e. The molecule has 1 heterocycles. The molecule has 3 aromatic rings. The van der Waals surface area contributed by atoms with Crippen molar-refractivity contribution in [3.63, 3.8) is 0 Å². The maximum absolute atomic E-state index is 13.4. The summed E-state index contributed by atoms with van der Waals surface area (Å²) in [4.78, 5) is 8.64. The number of rotatable bonds is 1. The van der Waals surface area contributed by atoms with Gasteiger partial charge in [0.15, 0.2) is 5.82 Å². The summed E-state index contributed by atoms with van der Waals surface area (Å²) in [6, 6.07) is 7.91. The molecule has 106 valence electrons. The van der Waals surface area contributed by atoms with E-state index in [1.807, 2.05) is 0 Å². The molecule has 0 amide bonds.